The van der Waals surface area contributed by atoms with Crippen molar-refractivity contribution < 1.29 is 14.3 Å². The molecule has 3 nitrogen and oxygen atoms in total. The molecule has 0 saturated carbocycles. The number of ether oxygens (including phenoxy) is 2. The molecule has 0 fully saturated rings. The van der Waals surface area contributed by atoms with Crippen LogP contribution in [0.1, 0.15) is 19.4 Å². The monoisotopic (exact) mass is 220 g/mol. The number of carbonyl (C=O) groups is 1. The quantitative estimate of drug-likeness (QED) is 0.765. The van der Waals surface area contributed by atoms with E-state index in [4.69, 9.17) is 9.47 Å². The van der Waals surface area contributed by atoms with Gasteiger partial charge in [0.2, 0.25) is 0 Å². The summed E-state index contributed by atoms with van der Waals surface area (Å²) in [5, 5.41) is 0. The molecule has 0 aliphatic carbocycles. The van der Waals surface area contributed by atoms with Gasteiger partial charge in [-0.15, -0.1) is 0 Å². The number of carbonyl (C=O) groups excluding carboxylic acids is 1. The molecule has 0 aromatic heterocycles. The summed E-state index contributed by atoms with van der Waals surface area (Å²) in [4.78, 5) is 10.8. The summed E-state index contributed by atoms with van der Waals surface area (Å²) < 4.78 is 10.5. The first-order chi connectivity index (χ1) is 7.67. The third-order valence-corrected chi connectivity index (χ3v) is 1.98. The highest BCUT2D eigenvalue weighted by Gasteiger charge is 2.05. The molecule has 1 rings (SSSR count). The fourth-order valence-electron chi connectivity index (χ4n) is 1.28. The minimum atomic E-state index is -0.0143. The zero-order valence-electron chi connectivity index (χ0n) is 9.82. The van der Waals surface area contributed by atoms with Gasteiger partial charge in [0.15, 0.2) is 17.3 Å². The van der Waals surface area contributed by atoms with E-state index in [1.165, 1.54) is 6.92 Å². The van der Waals surface area contributed by atoms with Gasteiger partial charge in [0.25, 0.3) is 0 Å². The lowest BCUT2D eigenvalue weighted by atomic mass is 10.2. The largest absolute Gasteiger partial charge is 0.493 e. The molecule has 0 aliphatic rings. The number of ketones is 1. The number of hydrogen-bond acceptors (Lipinski definition) is 3. The van der Waals surface area contributed by atoms with Crippen molar-refractivity contribution in [3.05, 3.63) is 29.8 Å². The lowest BCUT2D eigenvalue weighted by Crippen LogP contribution is -2.07. The van der Waals surface area contributed by atoms with Gasteiger partial charge in [-0.25, -0.2) is 0 Å². The first-order valence-corrected chi connectivity index (χ1v) is 5.10. The Morgan fingerprint density at radius 3 is 2.69 bits per heavy atom. The van der Waals surface area contributed by atoms with Gasteiger partial charge >= 0.3 is 0 Å². The summed E-state index contributed by atoms with van der Waals surface area (Å²) in [5.74, 6) is 1.21. The van der Waals surface area contributed by atoms with Crippen LogP contribution < -0.4 is 9.47 Å². The van der Waals surface area contributed by atoms with E-state index in [-0.39, 0.29) is 12.4 Å². The number of allylic oxidation sites excluding steroid dienone is 1. The van der Waals surface area contributed by atoms with Gasteiger partial charge in [0, 0.05) is 0 Å². The van der Waals surface area contributed by atoms with Crippen LogP contribution >= 0.6 is 0 Å². The molecule has 0 aliphatic heterocycles. The number of rotatable bonds is 5. The van der Waals surface area contributed by atoms with Crippen LogP contribution in [0.2, 0.25) is 0 Å². The predicted molar refractivity (Wildman–Crippen MR) is 63.9 cm³/mol. The molecule has 86 valence electrons. The Bertz CT molecular complexity index is 394. The van der Waals surface area contributed by atoms with Crippen LogP contribution in [0, 0.1) is 0 Å². The van der Waals surface area contributed by atoms with E-state index in [2.05, 4.69) is 0 Å². The zero-order valence-corrected chi connectivity index (χ0v) is 9.82. The number of Topliss-reactive ketones (excluding diaryl/α,β-unsaturated/α-hetero) is 1. The Kier molecular flexibility index (Phi) is 4.58. The average molecular weight is 220 g/mol. The predicted octanol–water partition coefficient (Wildman–Crippen LogP) is 2.70. The summed E-state index contributed by atoms with van der Waals surface area (Å²) in [5.41, 5.74) is 1.04. The highest BCUT2D eigenvalue weighted by Crippen LogP contribution is 2.28. The third-order valence-electron chi connectivity index (χ3n) is 1.98. The molecule has 0 bridgehead atoms. The maximum atomic E-state index is 10.8. The normalized spacial score (nSPS) is 10.4. The second-order valence-electron chi connectivity index (χ2n) is 3.40. The van der Waals surface area contributed by atoms with Gasteiger partial charge in [-0.3, -0.25) is 4.79 Å². The van der Waals surface area contributed by atoms with Crippen molar-refractivity contribution in [3.63, 3.8) is 0 Å². The van der Waals surface area contributed by atoms with E-state index in [0.717, 1.165) is 5.56 Å². The molecule has 0 unspecified atom stereocenters. The molecular formula is C13H16O3. The first-order valence-electron chi connectivity index (χ1n) is 5.10. The molecule has 3 heteroatoms. The van der Waals surface area contributed by atoms with Crippen LogP contribution in [0.4, 0.5) is 0 Å². The minimum absolute atomic E-state index is 0.0143. The second kappa shape index (κ2) is 5.95. The molecule has 16 heavy (non-hydrogen) atoms. The summed E-state index contributed by atoms with van der Waals surface area (Å²) in [7, 11) is 1.58. The molecule has 0 N–H and O–H groups in total. The summed E-state index contributed by atoms with van der Waals surface area (Å²) in [6.45, 7) is 3.51. The fourth-order valence-corrected chi connectivity index (χ4v) is 1.28. The molecule has 1 aromatic carbocycles. The van der Waals surface area contributed by atoms with Crippen LogP contribution in [0.25, 0.3) is 6.08 Å². The van der Waals surface area contributed by atoms with Crippen molar-refractivity contribution in [2.24, 2.45) is 0 Å². The average Bonchev–Trinajstić information content (AvgIpc) is 2.27. The maximum absolute atomic E-state index is 10.8. The van der Waals surface area contributed by atoms with Crippen LogP contribution in [-0.4, -0.2) is 19.5 Å². The number of hydrogen-bond donors (Lipinski definition) is 0. The molecule has 0 amide bonds. The summed E-state index contributed by atoms with van der Waals surface area (Å²) in [6.07, 6.45) is 3.92. The van der Waals surface area contributed by atoms with Gasteiger partial charge in [0.1, 0.15) is 6.61 Å². The van der Waals surface area contributed by atoms with E-state index >= 15 is 0 Å². The van der Waals surface area contributed by atoms with E-state index in [9.17, 15) is 4.79 Å². The Balaban J connectivity index is 2.88. The Morgan fingerprint density at radius 2 is 2.12 bits per heavy atom. The Labute approximate surface area is 95.7 Å². The SMILES string of the molecule is CC=Cc1ccc(OCC(C)=O)c(OC)c1. The highest BCUT2D eigenvalue weighted by atomic mass is 16.5. The van der Waals surface area contributed by atoms with Gasteiger partial charge < -0.3 is 9.47 Å². The standard InChI is InChI=1S/C13H16O3/c1-4-5-11-6-7-12(13(8-11)15-3)16-9-10(2)14/h4-8H,9H2,1-3H3. The van der Waals surface area contributed by atoms with E-state index in [1.807, 2.05) is 31.2 Å². The minimum Gasteiger partial charge on any atom is -0.493 e. The van der Waals surface area contributed by atoms with Gasteiger partial charge in [-0.1, -0.05) is 18.2 Å². The smallest absolute Gasteiger partial charge is 0.167 e. The first kappa shape index (κ1) is 12.3. The van der Waals surface area contributed by atoms with Gasteiger partial charge in [0.05, 0.1) is 7.11 Å². The number of benzene rings is 1. The lowest BCUT2D eigenvalue weighted by molar-refractivity contribution is -0.118. The van der Waals surface area contributed by atoms with E-state index in [0.29, 0.717) is 11.5 Å². The van der Waals surface area contributed by atoms with E-state index in [1.54, 1.807) is 13.2 Å². The fraction of sp³-hybridized carbons (Fsp3) is 0.308. The molecule has 0 radical (unpaired) electrons. The summed E-state index contributed by atoms with van der Waals surface area (Å²) >= 11 is 0. The van der Waals surface area contributed by atoms with Gasteiger partial charge in [-0.2, -0.15) is 0 Å². The Hall–Kier alpha value is -1.77. The second-order valence-corrected chi connectivity index (χ2v) is 3.40. The van der Waals surface area contributed by atoms with Crippen LogP contribution in [0.5, 0.6) is 11.5 Å². The maximum Gasteiger partial charge on any atom is 0.167 e. The Morgan fingerprint density at radius 1 is 1.38 bits per heavy atom. The van der Waals surface area contributed by atoms with Crippen LogP contribution in [0.15, 0.2) is 24.3 Å². The third kappa shape index (κ3) is 3.42. The van der Waals surface area contributed by atoms with Crippen molar-refractivity contribution in [3.8, 4) is 11.5 Å². The van der Waals surface area contributed by atoms with Crippen molar-refractivity contribution in [2.45, 2.75) is 13.8 Å². The topological polar surface area (TPSA) is 35.5 Å². The molecular weight excluding hydrogens is 204 g/mol. The molecule has 0 saturated heterocycles. The van der Waals surface area contributed by atoms with Crippen molar-refractivity contribution in [1.82, 2.24) is 0 Å². The van der Waals surface area contributed by atoms with Crippen molar-refractivity contribution in [1.29, 1.82) is 0 Å². The lowest BCUT2D eigenvalue weighted by Gasteiger charge is -2.09. The molecule has 0 spiro atoms. The summed E-state index contributed by atoms with van der Waals surface area (Å²) in [6, 6.07) is 5.59. The zero-order chi connectivity index (χ0) is 12.0. The van der Waals surface area contributed by atoms with Crippen molar-refractivity contribution >= 4 is 11.9 Å². The van der Waals surface area contributed by atoms with Crippen LogP contribution in [-0.2, 0) is 4.79 Å². The van der Waals surface area contributed by atoms with Gasteiger partial charge in [-0.05, 0) is 31.5 Å². The number of methoxy groups -OCH3 is 1. The van der Waals surface area contributed by atoms with Crippen LogP contribution in [0.3, 0.4) is 0 Å². The molecule has 0 heterocycles. The van der Waals surface area contributed by atoms with E-state index < -0.39 is 0 Å². The van der Waals surface area contributed by atoms with Crippen molar-refractivity contribution in [2.75, 3.05) is 13.7 Å². The highest BCUT2D eigenvalue weighted by molar-refractivity contribution is 5.77. The molecule has 1 aromatic rings. The molecule has 0 atom stereocenters.